The SMILES string of the molecule is CC(=O)NS(=O)(=O)c1ccc(NC(=S)NC(=O)c2ccc(-c3ccccc3)cc2)cc1. The second-order valence-electron chi connectivity index (χ2n) is 6.54. The molecule has 2 amide bonds. The molecule has 158 valence electrons. The molecule has 0 fully saturated rings. The highest BCUT2D eigenvalue weighted by atomic mass is 32.2. The zero-order valence-electron chi connectivity index (χ0n) is 16.5. The molecule has 9 heteroatoms. The Bertz CT molecular complexity index is 1210. The molecule has 0 aliphatic rings. The number of thiocarbonyl (C=S) groups is 1. The molecule has 0 saturated carbocycles. The van der Waals surface area contributed by atoms with Crippen LogP contribution in [-0.2, 0) is 14.8 Å². The van der Waals surface area contributed by atoms with Gasteiger partial charge in [0, 0.05) is 18.2 Å². The minimum absolute atomic E-state index is 0.0644. The van der Waals surface area contributed by atoms with Crippen LogP contribution in [0.1, 0.15) is 17.3 Å². The standard InChI is InChI=1S/C22H19N3O4S2/c1-15(26)25-31(28,29)20-13-11-19(12-14-20)23-22(30)24-21(27)18-9-7-17(8-10-18)16-5-3-2-4-6-16/h2-14H,1H3,(H,25,26)(H2,23,24,27,30). The lowest BCUT2D eigenvalue weighted by Gasteiger charge is -2.11. The predicted molar refractivity (Wildman–Crippen MR) is 123 cm³/mol. The highest BCUT2D eigenvalue weighted by Gasteiger charge is 2.15. The number of nitrogens with one attached hydrogen (secondary N) is 3. The highest BCUT2D eigenvalue weighted by Crippen LogP contribution is 2.19. The first-order valence-corrected chi connectivity index (χ1v) is 11.0. The van der Waals surface area contributed by atoms with E-state index in [1.165, 1.54) is 24.3 Å². The summed E-state index contributed by atoms with van der Waals surface area (Å²) in [4.78, 5) is 23.4. The molecule has 0 bridgehead atoms. The minimum atomic E-state index is -3.91. The average Bonchev–Trinajstić information content (AvgIpc) is 2.74. The first kappa shape index (κ1) is 22.1. The van der Waals surface area contributed by atoms with Crippen molar-refractivity contribution in [2.75, 3.05) is 5.32 Å². The van der Waals surface area contributed by atoms with E-state index in [9.17, 15) is 18.0 Å². The summed E-state index contributed by atoms with van der Waals surface area (Å²) in [5, 5.41) is 5.46. The van der Waals surface area contributed by atoms with Crippen LogP contribution in [0.15, 0.2) is 83.8 Å². The van der Waals surface area contributed by atoms with E-state index in [1.54, 1.807) is 12.1 Å². The van der Waals surface area contributed by atoms with Gasteiger partial charge >= 0.3 is 0 Å². The van der Waals surface area contributed by atoms with Gasteiger partial charge in [0.05, 0.1) is 4.90 Å². The number of benzene rings is 3. The molecule has 0 aromatic heterocycles. The third-order valence-corrected chi connectivity index (χ3v) is 5.83. The van der Waals surface area contributed by atoms with E-state index in [-0.39, 0.29) is 15.9 Å². The van der Waals surface area contributed by atoms with Gasteiger partial charge in [-0.25, -0.2) is 13.1 Å². The van der Waals surface area contributed by atoms with Crippen LogP contribution in [0.5, 0.6) is 0 Å². The van der Waals surface area contributed by atoms with Gasteiger partial charge in [-0.1, -0.05) is 42.5 Å². The van der Waals surface area contributed by atoms with Crippen molar-refractivity contribution >= 4 is 44.9 Å². The maximum atomic E-state index is 12.4. The fourth-order valence-corrected chi connectivity index (χ4v) is 3.95. The van der Waals surface area contributed by atoms with Crippen LogP contribution >= 0.6 is 12.2 Å². The summed E-state index contributed by atoms with van der Waals surface area (Å²) in [6, 6.07) is 22.5. The first-order chi connectivity index (χ1) is 14.7. The van der Waals surface area contributed by atoms with E-state index >= 15 is 0 Å². The maximum Gasteiger partial charge on any atom is 0.264 e. The van der Waals surface area contributed by atoms with Crippen molar-refractivity contribution in [3.05, 3.63) is 84.4 Å². The molecular formula is C22H19N3O4S2. The Morgan fingerprint density at radius 2 is 1.39 bits per heavy atom. The summed E-state index contributed by atoms with van der Waals surface area (Å²) in [5.41, 5.74) is 2.97. The lowest BCUT2D eigenvalue weighted by Crippen LogP contribution is -2.34. The molecule has 7 nitrogen and oxygen atoms in total. The molecule has 3 rings (SSSR count). The van der Waals surface area contributed by atoms with Crippen molar-refractivity contribution in [2.45, 2.75) is 11.8 Å². The van der Waals surface area contributed by atoms with Crippen molar-refractivity contribution in [3.8, 4) is 11.1 Å². The number of hydrogen-bond donors (Lipinski definition) is 3. The Hall–Kier alpha value is -3.56. The van der Waals surface area contributed by atoms with Crippen molar-refractivity contribution < 1.29 is 18.0 Å². The highest BCUT2D eigenvalue weighted by molar-refractivity contribution is 7.90. The number of carbonyl (C=O) groups excluding carboxylic acids is 2. The van der Waals surface area contributed by atoms with Crippen molar-refractivity contribution in [2.24, 2.45) is 0 Å². The van der Waals surface area contributed by atoms with Crippen molar-refractivity contribution in [1.29, 1.82) is 0 Å². The van der Waals surface area contributed by atoms with E-state index in [0.29, 0.717) is 11.3 Å². The van der Waals surface area contributed by atoms with Crippen LogP contribution in [0, 0.1) is 0 Å². The normalized spacial score (nSPS) is 10.7. The van der Waals surface area contributed by atoms with E-state index in [0.717, 1.165) is 18.1 Å². The molecule has 0 radical (unpaired) electrons. The van der Waals surface area contributed by atoms with E-state index < -0.39 is 15.9 Å². The molecule has 3 aromatic carbocycles. The topological polar surface area (TPSA) is 104 Å². The van der Waals surface area contributed by atoms with Crippen molar-refractivity contribution in [3.63, 3.8) is 0 Å². The van der Waals surface area contributed by atoms with Crippen molar-refractivity contribution in [1.82, 2.24) is 10.0 Å². The van der Waals surface area contributed by atoms with Gasteiger partial charge in [0.25, 0.3) is 15.9 Å². The quantitative estimate of drug-likeness (QED) is 0.512. The third-order valence-electron chi connectivity index (χ3n) is 4.18. The summed E-state index contributed by atoms with van der Waals surface area (Å²) in [6.07, 6.45) is 0. The molecule has 0 spiro atoms. The van der Waals surface area contributed by atoms with Crippen LogP contribution in [0.25, 0.3) is 11.1 Å². The van der Waals surface area contributed by atoms with Gasteiger partial charge in [0.1, 0.15) is 0 Å². The Kier molecular flexibility index (Phi) is 6.78. The molecule has 0 aliphatic heterocycles. The number of carbonyl (C=O) groups is 2. The second kappa shape index (κ2) is 9.50. The average molecular weight is 454 g/mol. The summed E-state index contributed by atoms with van der Waals surface area (Å²) < 4.78 is 25.8. The lowest BCUT2D eigenvalue weighted by atomic mass is 10.0. The van der Waals surface area contributed by atoms with E-state index in [2.05, 4.69) is 10.6 Å². The van der Waals surface area contributed by atoms with Gasteiger partial charge in [0.2, 0.25) is 5.91 Å². The van der Waals surface area contributed by atoms with Gasteiger partial charge in [-0.05, 0) is 59.7 Å². The van der Waals surface area contributed by atoms with Gasteiger partial charge < -0.3 is 5.32 Å². The fraction of sp³-hybridized carbons (Fsp3) is 0.0455. The van der Waals surface area contributed by atoms with Crippen LogP contribution in [0.2, 0.25) is 0 Å². The molecule has 0 aliphatic carbocycles. The summed E-state index contributed by atoms with van der Waals surface area (Å²) in [5.74, 6) is -1.05. The Morgan fingerprint density at radius 3 is 1.97 bits per heavy atom. The van der Waals surface area contributed by atoms with Gasteiger partial charge in [-0.2, -0.15) is 0 Å². The van der Waals surface area contributed by atoms with Crippen LogP contribution in [0.4, 0.5) is 5.69 Å². The Balaban J connectivity index is 1.60. The minimum Gasteiger partial charge on any atom is -0.332 e. The number of rotatable bonds is 5. The van der Waals surface area contributed by atoms with Crippen LogP contribution in [-0.4, -0.2) is 25.3 Å². The van der Waals surface area contributed by atoms with Gasteiger partial charge in [0.15, 0.2) is 5.11 Å². The summed E-state index contributed by atoms with van der Waals surface area (Å²) in [7, 11) is -3.91. The fourth-order valence-electron chi connectivity index (χ4n) is 2.75. The summed E-state index contributed by atoms with van der Waals surface area (Å²) >= 11 is 5.16. The number of hydrogen-bond acceptors (Lipinski definition) is 5. The van der Waals surface area contributed by atoms with E-state index in [4.69, 9.17) is 12.2 Å². The smallest absolute Gasteiger partial charge is 0.264 e. The number of amides is 2. The third kappa shape index (κ3) is 5.97. The monoisotopic (exact) mass is 453 g/mol. The number of sulfonamides is 1. The molecule has 0 unspecified atom stereocenters. The molecule has 3 N–H and O–H groups in total. The molecule has 0 atom stereocenters. The largest absolute Gasteiger partial charge is 0.332 e. The lowest BCUT2D eigenvalue weighted by molar-refractivity contribution is -0.117. The maximum absolute atomic E-state index is 12.4. The molecular weight excluding hydrogens is 434 g/mol. The predicted octanol–water partition coefficient (Wildman–Crippen LogP) is 3.31. The molecule has 0 heterocycles. The zero-order valence-corrected chi connectivity index (χ0v) is 18.1. The summed E-state index contributed by atoms with van der Waals surface area (Å²) in [6.45, 7) is 1.11. The zero-order chi connectivity index (χ0) is 22.4. The van der Waals surface area contributed by atoms with Crippen LogP contribution < -0.4 is 15.4 Å². The number of anilines is 1. The van der Waals surface area contributed by atoms with Gasteiger partial charge in [-0.3, -0.25) is 14.9 Å². The Morgan fingerprint density at radius 1 is 0.806 bits per heavy atom. The van der Waals surface area contributed by atoms with E-state index in [1.807, 2.05) is 47.2 Å². The van der Waals surface area contributed by atoms with Gasteiger partial charge in [-0.15, -0.1) is 0 Å². The first-order valence-electron chi connectivity index (χ1n) is 9.16. The molecule has 3 aromatic rings. The molecule has 31 heavy (non-hydrogen) atoms. The van der Waals surface area contributed by atoms with Crippen LogP contribution in [0.3, 0.4) is 0 Å². The molecule has 0 saturated heterocycles. The Labute approximate surface area is 185 Å². The second-order valence-corrected chi connectivity index (χ2v) is 8.63.